The highest BCUT2D eigenvalue weighted by Gasteiger charge is 2.20. The number of hydrogen-bond acceptors (Lipinski definition) is 5. The normalized spacial score (nSPS) is 15.8. The van der Waals surface area contributed by atoms with Gasteiger partial charge in [-0.05, 0) is 18.2 Å². The number of nitrogens with zero attached hydrogens (tertiary/aromatic N) is 2. The molecule has 98 valence electrons. The molecule has 0 aliphatic rings. The number of rotatable bonds is 2. The molecule has 0 rings (SSSR count). The van der Waals surface area contributed by atoms with Gasteiger partial charge >= 0.3 is 0 Å². The zero-order valence-corrected chi connectivity index (χ0v) is 11.9. The van der Waals surface area contributed by atoms with Crippen molar-refractivity contribution in [1.29, 1.82) is 0 Å². The molecular weight excluding hydrogens is 262 g/mol. The second-order valence-corrected chi connectivity index (χ2v) is 6.16. The zero-order valence-electron chi connectivity index (χ0n) is 10.3. The van der Waals surface area contributed by atoms with Crippen molar-refractivity contribution in [2.45, 2.75) is 27.2 Å². The average molecular weight is 279 g/mol. The van der Waals surface area contributed by atoms with Gasteiger partial charge in [0.25, 0.3) is 10.0 Å². The monoisotopic (exact) mass is 279 g/mol. The first kappa shape index (κ1) is 16.3. The van der Waals surface area contributed by atoms with Gasteiger partial charge in [0.1, 0.15) is 0 Å². The molecule has 0 fully saturated rings. The first-order valence-corrected chi connectivity index (χ1v) is 7.35. The van der Waals surface area contributed by atoms with Gasteiger partial charge in [-0.25, -0.2) is 18.5 Å². The Morgan fingerprint density at radius 3 is 2.29 bits per heavy atom. The molecule has 0 heterocycles. The minimum absolute atomic E-state index is 0.0256. The van der Waals surface area contributed by atoms with Gasteiger partial charge in [0.2, 0.25) is 10.3 Å². The van der Waals surface area contributed by atoms with E-state index in [9.17, 15) is 13.2 Å². The summed E-state index contributed by atoms with van der Waals surface area (Å²) in [6.45, 7) is 5.08. The summed E-state index contributed by atoms with van der Waals surface area (Å²) >= 11 is 0.824. The summed E-state index contributed by atoms with van der Waals surface area (Å²) in [5.74, 6) is -0.403. The Morgan fingerprint density at radius 1 is 1.47 bits per heavy atom. The lowest BCUT2D eigenvalue weighted by atomic mass is 10.1. The summed E-state index contributed by atoms with van der Waals surface area (Å²) in [6.07, 6.45) is 0.737. The maximum absolute atomic E-state index is 11.2. The third-order valence-corrected chi connectivity index (χ3v) is 4.60. The first-order valence-electron chi connectivity index (χ1n) is 4.98. The smallest absolute Gasteiger partial charge is 0.261 e. The molecule has 8 heteroatoms. The topological polar surface area (TPSA) is 102 Å². The van der Waals surface area contributed by atoms with Gasteiger partial charge in [-0.15, -0.1) is 0 Å². The number of amides is 1. The van der Waals surface area contributed by atoms with Crippen LogP contribution in [0.25, 0.3) is 0 Å². The van der Waals surface area contributed by atoms with Gasteiger partial charge in [-0.1, -0.05) is 13.8 Å². The molecule has 0 bridgehead atoms. The zero-order chi connectivity index (χ0) is 13.6. The van der Waals surface area contributed by atoms with E-state index >= 15 is 0 Å². The number of carbonyl (C=O) groups is 1. The summed E-state index contributed by atoms with van der Waals surface area (Å²) < 4.78 is 22.1. The molecule has 1 atom stereocenters. The summed E-state index contributed by atoms with van der Waals surface area (Å²) in [5.41, 5.74) is 0. The van der Waals surface area contributed by atoms with Crippen LogP contribution in [0.15, 0.2) is 9.98 Å². The van der Waals surface area contributed by atoms with E-state index in [1.807, 2.05) is 13.8 Å². The Hall–Kier alpha value is -0.730. The number of thioether (sulfide) groups is 1. The van der Waals surface area contributed by atoms with Crippen LogP contribution in [0.5, 0.6) is 0 Å². The highest BCUT2D eigenvalue weighted by Crippen LogP contribution is 2.19. The Labute approximate surface area is 106 Å². The number of hydrogen-bond donors (Lipinski definition) is 1. The van der Waals surface area contributed by atoms with Crippen molar-refractivity contribution in [2.75, 3.05) is 7.05 Å². The van der Waals surface area contributed by atoms with E-state index in [1.165, 1.54) is 14.0 Å². The van der Waals surface area contributed by atoms with Gasteiger partial charge in [-0.2, -0.15) is 0 Å². The van der Waals surface area contributed by atoms with Crippen LogP contribution in [0, 0.1) is 5.92 Å². The SMILES string of the molecule is CCC(C)/C(=N\C(C)=O)S/C(=N\C)S(N)(=O)=O. The number of primary sulfonamides is 1. The maximum Gasteiger partial charge on any atom is 0.261 e. The van der Waals surface area contributed by atoms with Gasteiger partial charge in [-0.3, -0.25) is 9.79 Å². The summed E-state index contributed by atoms with van der Waals surface area (Å²) in [7, 11) is -2.54. The van der Waals surface area contributed by atoms with Crippen LogP contribution in [0.2, 0.25) is 0 Å². The summed E-state index contributed by atoms with van der Waals surface area (Å²) in [4.78, 5) is 18.4. The van der Waals surface area contributed by atoms with E-state index in [4.69, 9.17) is 5.14 Å². The molecule has 0 aromatic heterocycles. The van der Waals surface area contributed by atoms with Crippen molar-refractivity contribution in [3.05, 3.63) is 0 Å². The third-order valence-electron chi connectivity index (χ3n) is 1.92. The van der Waals surface area contributed by atoms with Crippen molar-refractivity contribution in [3.63, 3.8) is 0 Å². The first-order chi connectivity index (χ1) is 7.72. The van der Waals surface area contributed by atoms with Crippen LogP contribution in [-0.4, -0.2) is 30.8 Å². The highest BCUT2D eigenvalue weighted by molar-refractivity contribution is 8.41. The Bertz CT molecular complexity index is 440. The van der Waals surface area contributed by atoms with E-state index in [1.54, 1.807) is 0 Å². The standard InChI is InChI=1S/C9H17N3O3S2/c1-5-6(2)8(12-7(3)13)16-9(11-4)17(10,14)15/h6H,5H2,1-4H3,(H2,10,14,15)/b11-9+,12-8+. The van der Waals surface area contributed by atoms with Crippen LogP contribution in [-0.2, 0) is 14.8 Å². The summed E-state index contributed by atoms with van der Waals surface area (Å²) in [6, 6.07) is 0. The molecule has 0 spiro atoms. The lowest BCUT2D eigenvalue weighted by molar-refractivity contribution is -0.115. The van der Waals surface area contributed by atoms with E-state index in [0.717, 1.165) is 18.2 Å². The molecule has 0 aliphatic heterocycles. The molecule has 0 saturated heterocycles. The quantitative estimate of drug-likeness (QED) is 0.601. The van der Waals surface area contributed by atoms with Crippen molar-refractivity contribution in [3.8, 4) is 0 Å². The van der Waals surface area contributed by atoms with Gasteiger partial charge in [0, 0.05) is 19.9 Å². The molecular formula is C9H17N3O3S2. The van der Waals surface area contributed by atoms with Gasteiger partial charge in [0.05, 0.1) is 5.04 Å². The third kappa shape index (κ3) is 5.94. The second-order valence-electron chi connectivity index (χ2n) is 3.41. The highest BCUT2D eigenvalue weighted by atomic mass is 32.3. The molecule has 0 aliphatic carbocycles. The Balaban J connectivity index is 5.21. The van der Waals surface area contributed by atoms with Crippen molar-refractivity contribution >= 4 is 37.1 Å². The fraction of sp³-hybridized carbons (Fsp3) is 0.667. The largest absolute Gasteiger partial charge is 0.273 e. The molecule has 0 aromatic carbocycles. The van der Waals surface area contributed by atoms with Crippen molar-refractivity contribution < 1.29 is 13.2 Å². The average Bonchev–Trinajstić information content (AvgIpc) is 2.20. The van der Waals surface area contributed by atoms with E-state index < -0.39 is 10.0 Å². The van der Waals surface area contributed by atoms with E-state index in [0.29, 0.717) is 5.04 Å². The Morgan fingerprint density at radius 2 is 2.00 bits per heavy atom. The van der Waals surface area contributed by atoms with Crippen LogP contribution in [0.4, 0.5) is 0 Å². The predicted octanol–water partition coefficient (Wildman–Crippen LogP) is 0.985. The van der Waals surface area contributed by atoms with Crippen LogP contribution < -0.4 is 5.14 Å². The second kappa shape index (κ2) is 6.87. The number of sulfonamides is 1. The molecule has 6 nitrogen and oxygen atoms in total. The molecule has 1 unspecified atom stereocenters. The molecule has 17 heavy (non-hydrogen) atoms. The molecule has 1 amide bonds. The number of nitrogens with two attached hydrogens (primary N) is 1. The predicted molar refractivity (Wildman–Crippen MR) is 71.6 cm³/mol. The van der Waals surface area contributed by atoms with Crippen LogP contribution in [0.1, 0.15) is 27.2 Å². The number of carbonyl (C=O) groups excluding carboxylic acids is 1. The molecule has 2 N–H and O–H groups in total. The van der Waals surface area contributed by atoms with Gasteiger partial charge in [0.15, 0.2) is 0 Å². The molecule has 0 radical (unpaired) electrons. The Kier molecular flexibility index (Phi) is 6.58. The van der Waals surface area contributed by atoms with E-state index in [-0.39, 0.29) is 16.2 Å². The van der Waals surface area contributed by atoms with Gasteiger partial charge < -0.3 is 0 Å². The van der Waals surface area contributed by atoms with Crippen LogP contribution in [0.3, 0.4) is 0 Å². The van der Waals surface area contributed by atoms with Crippen molar-refractivity contribution in [1.82, 2.24) is 0 Å². The van der Waals surface area contributed by atoms with Crippen LogP contribution >= 0.6 is 11.8 Å². The fourth-order valence-electron chi connectivity index (χ4n) is 0.884. The molecule has 0 aromatic rings. The molecule has 0 saturated carbocycles. The lowest BCUT2D eigenvalue weighted by Crippen LogP contribution is -2.23. The number of aliphatic imine (C=N–C) groups is 2. The lowest BCUT2D eigenvalue weighted by Gasteiger charge is -2.11. The van der Waals surface area contributed by atoms with Crippen molar-refractivity contribution in [2.24, 2.45) is 21.0 Å². The fourth-order valence-corrected chi connectivity index (χ4v) is 2.67. The summed E-state index contributed by atoms with van der Waals surface area (Å²) in [5, 5.41) is 5.40. The maximum atomic E-state index is 11.2. The minimum atomic E-state index is -3.87. The minimum Gasteiger partial charge on any atom is -0.273 e. The van der Waals surface area contributed by atoms with E-state index in [2.05, 4.69) is 9.98 Å².